The molecule has 0 radical (unpaired) electrons. The Kier molecular flexibility index (Phi) is 4.71. The van der Waals surface area contributed by atoms with Gasteiger partial charge in [-0.25, -0.2) is 0 Å². The van der Waals surface area contributed by atoms with Crippen LogP contribution in [0.25, 0.3) is 0 Å². The molecule has 5 nitrogen and oxygen atoms in total. The molecule has 2 rings (SSSR count). The first-order valence-electron chi connectivity index (χ1n) is 7.86. The fraction of sp³-hybridized carbons (Fsp3) is 0.750. The molecule has 0 saturated carbocycles. The van der Waals surface area contributed by atoms with E-state index in [0.717, 1.165) is 31.5 Å². The molecule has 0 aromatic carbocycles. The lowest BCUT2D eigenvalue weighted by molar-refractivity contribution is -0.151. The van der Waals surface area contributed by atoms with Gasteiger partial charge in [0.05, 0.1) is 5.69 Å². The molecule has 21 heavy (non-hydrogen) atoms. The zero-order valence-electron chi connectivity index (χ0n) is 13.5. The van der Waals surface area contributed by atoms with Crippen LogP contribution in [-0.2, 0) is 11.3 Å². The molecule has 118 valence electrons. The van der Waals surface area contributed by atoms with Crippen molar-refractivity contribution in [2.75, 3.05) is 6.54 Å². The molecular formula is C16H27N3O2. The molecule has 2 unspecified atom stereocenters. The SMILES string of the molecule is CCC(C)n1ccc(CN2CCCC(C)(C)C2C(=O)O)n1. The van der Waals surface area contributed by atoms with E-state index in [1.807, 2.05) is 16.9 Å². The van der Waals surface area contributed by atoms with Gasteiger partial charge in [-0.15, -0.1) is 0 Å². The number of piperidine rings is 1. The molecule has 0 spiro atoms. The summed E-state index contributed by atoms with van der Waals surface area (Å²) in [5.74, 6) is -0.721. The summed E-state index contributed by atoms with van der Waals surface area (Å²) in [4.78, 5) is 13.7. The Morgan fingerprint density at radius 2 is 2.29 bits per heavy atom. The molecule has 1 fully saturated rings. The van der Waals surface area contributed by atoms with Gasteiger partial charge in [0, 0.05) is 18.8 Å². The molecule has 1 aliphatic rings. The summed E-state index contributed by atoms with van der Waals surface area (Å²) < 4.78 is 1.97. The largest absolute Gasteiger partial charge is 0.480 e. The van der Waals surface area contributed by atoms with Crippen molar-refractivity contribution in [2.24, 2.45) is 5.41 Å². The van der Waals surface area contributed by atoms with E-state index in [2.05, 4.69) is 37.7 Å². The van der Waals surface area contributed by atoms with Crippen LogP contribution in [-0.4, -0.2) is 38.3 Å². The molecular weight excluding hydrogens is 266 g/mol. The Morgan fingerprint density at radius 3 is 2.90 bits per heavy atom. The molecule has 1 aromatic rings. The van der Waals surface area contributed by atoms with Gasteiger partial charge in [-0.05, 0) is 44.2 Å². The number of carbonyl (C=O) groups is 1. The van der Waals surface area contributed by atoms with Crippen LogP contribution in [0, 0.1) is 5.41 Å². The maximum Gasteiger partial charge on any atom is 0.321 e. The predicted molar refractivity (Wildman–Crippen MR) is 82.1 cm³/mol. The lowest BCUT2D eigenvalue weighted by atomic mass is 9.76. The first-order valence-corrected chi connectivity index (χ1v) is 7.86. The number of aromatic nitrogens is 2. The number of hydrogen-bond acceptors (Lipinski definition) is 3. The van der Waals surface area contributed by atoms with Crippen LogP contribution in [0.4, 0.5) is 0 Å². The Bertz CT molecular complexity index is 495. The first-order chi connectivity index (χ1) is 9.85. The molecule has 1 N–H and O–H groups in total. The predicted octanol–water partition coefficient (Wildman–Crippen LogP) is 2.93. The molecule has 0 bridgehead atoms. The third-order valence-electron chi connectivity index (χ3n) is 4.68. The molecule has 1 aliphatic heterocycles. The maximum atomic E-state index is 11.7. The quantitative estimate of drug-likeness (QED) is 0.907. The minimum absolute atomic E-state index is 0.191. The van der Waals surface area contributed by atoms with Gasteiger partial charge in [0.1, 0.15) is 6.04 Å². The van der Waals surface area contributed by atoms with E-state index in [9.17, 15) is 9.90 Å². The van der Waals surface area contributed by atoms with Gasteiger partial charge in [-0.3, -0.25) is 14.4 Å². The maximum absolute atomic E-state index is 11.7. The van der Waals surface area contributed by atoms with Gasteiger partial charge in [0.2, 0.25) is 0 Å². The zero-order chi connectivity index (χ0) is 15.6. The highest BCUT2D eigenvalue weighted by Crippen LogP contribution is 2.35. The van der Waals surface area contributed by atoms with Gasteiger partial charge >= 0.3 is 5.97 Å². The van der Waals surface area contributed by atoms with Crippen molar-refractivity contribution >= 4 is 5.97 Å². The highest BCUT2D eigenvalue weighted by atomic mass is 16.4. The van der Waals surface area contributed by atoms with Gasteiger partial charge in [0.15, 0.2) is 0 Å². The second-order valence-corrected chi connectivity index (χ2v) is 6.85. The number of carboxylic acid groups (broad SMARTS) is 1. The summed E-state index contributed by atoms with van der Waals surface area (Å²) in [6.45, 7) is 9.83. The van der Waals surface area contributed by atoms with Crippen molar-refractivity contribution in [1.82, 2.24) is 14.7 Å². The average molecular weight is 293 g/mol. The summed E-state index contributed by atoms with van der Waals surface area (Å²) in [6.07, 6.45) is 5.04. The number of carboxylic acids is 1. The van der Waals surface area contributed by atoms with Crippen LogP contribution < -0.4 is 0 Å². The second kappa shape index (κ2) is 6.18. The van der Waals surface area contributed by atoms with E-state index in [-0.39, 0.29) is 5.41 Å². The van der Waals surface area contributed by atoms with E-state index in [0.29, 0.717) is 12.6 Å². The third-order valence-corrected chi connectivity index (χ3v) is 4.68. The van der Waals surface area contributed by atoms with Crippen LogP contribution >= 0.6 is 0 Å². The van der Waals surface area contributed by atoms with Crippen molar-refractivity contribution in [2.45, 2.75) is 65.6 Å². The van der Waals surface area contributed by atoms with E-state index in [1.165, 1.54) is 0 Å². The number of aliphatic carboxylic acids is 1. The smallest absolute Gasteiger partial charge is 0.321 e. The number of hydrogen-bond donors (Lipinski definition) is 1. The summed E-state index contributed by atoms with van der Waals surface area (Å²) in [5.41, 5.74) is 0.767. The molecule has 0 amide bonds. The minimum atomic E-state index is -0.721. The molecule has 0 aliphatic carbocycles. The van der Waals surface area contributed by atoms with Crippen LogP contribution in [0.1, 0.15) is 58.7 Å². The summed E-state index contributed by atoms with van der Waals surface area (Å²) in [5, 5.41) is 14.2. The lowest BCUT2D eigenvalue weighted by Gasteiger charge is -2.43. The first kappa shape index (κ1) is 16.0. The normalized spacial score (nSPS) is 23.9. The molecule has 2 heterocycles. The Morgan fingerprint density at radius 1 is 1.57 bits per heavy atom. The Hall–Kier alpha value is -1.36. The Balaban J connectivity index is 2.13. The van der Waals surface area contributed by atoms with Gasteiger partial charge in [-0.1, -0.05) is 20.8 Å². The number of rotatable bonds is 5. The summed E-state index contributed by atoms with van der Waals surface area (Å²) in [6, 6.07) is 1.96. The lowest BCUT2D eigenvalue weighted by Crippen LogP contribution is -2.53. The van der Waals surface area contributed by atoms with Gasteiger partial charge in [-0.2, -0.15) is 5.10 Å². The van der Waals surface area contributed by atoms with E-state index < -0.39 is 12.0 Å². The monoisotopic (exact) mass is 293 g/mol. The summed E-state index contributed by atoms with van der Waals surface area (Å²) in [7, 11) is 0. The molecule has 5 heteroatoms. The fourth-order valence-corrected chi connectivity index (χ4v) is 3.26. The van der Waals surface area contributed by atoms with E-state index in [1.54, 1.807) is 0 Å². The van der Waals surface area contributed by atoms with E-state index >= 15 is 0 Å². The van der Waals surface area contributed by atoms with Crippen LogP contribution in [0.2, 0.25) is 0 Å². The van der Waals surface area contributed by atoms with Crippen molar-refractivity contribution in [3.8, 4) is 0 Å². The Labute approximate surface area is 126 Å². The second-order valence-electron chi connectivity index (χ2n) is 6.85. The van der Waals surface area contributed by atoms with Crippen molar-refractivity contribution < 1.29 is 9.90 Å². The molecule has 1 aromatic heterocycles. The number of nitrogens with zero attached hydrogens (tertiary/aromatic N) is 3. The van der Waals surface area contributed by atoms with Crippen LogP contribution in [0.5, 0.6) is 0 Å². The summed E-state index contributed by atoms with van der Waals surface area (Å²) >= 11 is 0. The fourth-order valence-electron chi connectivity index (χ4n) is 3.26. The number of likely N-dealkylation sites (tertiary alicyclic amines) is 1. The molecule has 2 atom stereocenters. The topological polar surface area (TPSA) is 58.4 Å². The minimum Gasteiger partial charge on any atom is -0.480 e. The van der Waals surface area contributed by atoms with Crippen LogP contribution in [0.15, 0.2) is 12.3 Å². The van der Waals surface area contributed by atoms with Gasteiger partial charge < -0.3 is 5.11 Å². The van der Waals surface area contributed by atoms with Crippen molar-refractivity contribution in [3.63, 3.8) is 0 Å². The van der Waals surface area contributed by atoms with E-state index in [4.69, 9.17) is 0 Å². The standard InChI is InChI=1S/C16H27N3O2/c1-5-12(2)19-10-7-13(17-19)11-18-9-6-8-16(3,4)14(18)15(20)21/h7,10,12,14H,5-6,8-9,11H2,1-4H3,(H,20,21). The average Bonchev–Trinajstić information content (AvgIpc) is 2.84. The highest BCUT2D eigenvalue weighted by Gasteiger charge is 2.42. The van der Waals surface area contributed by atoms with Crippen molar-refractivity contribution in [3.05, 3.63) is 18.0 Å². The van der Waals surface area contributed by atoms with Gasteiger partial charge in [0.25, 0.3) is 0 Å². The van der Waals surface area contributed by atoms with Crippen molar-refractivity contribution in [1.29, 1.82) is 0 Å². The zero-order valence-corrected chi connectivity index (χ0v) is 13.5. The van der Waals surface area contributed by atoms with Crippen LogP contribution in [0.3, 0.4) is 0 Å². The third kappa shape index (κ3) is 3.46. The highest BCUT2D eigenvalue weighted by molar-refractivity contribution is 5.74. The molecule has 1 saturated heterocycles.